The van der Waals surface area contributed by atoms with Crippen LogP contribution in [0, 0.1) is 5.92 Å². The molecular weight excluding hydrogens is 260 g/mol. The van der Waals surface area contributed by atoms with Crippen molar-refractivity contribution in [3.63, 3.8) is 0 Å². The van der Waals surface area contributed by atoms with Crippen molar-refractivity contribution in [1.82, 2.24) is 0 Å². The molecule has 2 heteroatoms. The van der Waals surface area contributed by atoms with Crippen LogP contribution in [0.3, 0.4) is 0 Å². The van der Waals surface area contributed by atoms with Gasteiger partial charge in [0.05, 0.1) is 7.11 Å². The molecule has 0 N–H and O–H groups in total. The van der Waals surface area contributed by atoms with Crippen LogP contribution in [0.15, 0.2) is 23.8 Å². The number of hydrogen-bond donors (Lipinski definition) is 0. The largest absolute Gasteiger partial charge is 0.497 e. The Morgan fingerprint density at radius 2 is 1.95 bits per heavy atom. The predicted octanol–water partition coefficient (Wildman–Crippen LogP) is 4.56. The van der Waals surface area contributed by atoms with Crippen LogP contribution in [0.25, 0.3) is 5.57 Å². The van der Waals surface area contributed by atoms with Crippen molar-refractivity contribution in [1.29, 1.82) is 0 Å². The van der Waals surface area contributed by atoms with E-state index in [1.54, 1.807) is 12.7 Å². The molecule has 1 atom stereocenters. The maximum atomic E-state index is 11.8. The first kappa shape index (κ1) is 14.4. The van der Waals surface area contributed by atoms with Crippen LogP contribution in [0.2, 0.25) is 0 Å². The summed E-state index contributed by atoms with van der Waals surface area (Å²) in [4.78, 5) is 11.8. The molecule has 1 unspecified atom stereocenters. The zero-order chi connectivity index (χ0) is 14.8. The Morgan fingerprint density at radius 1 is 1.10 bits per heavy atom. The lowest BCUT2D eigenvalue weighted by atomic mass is 9.78. The maximum absolute atomic E-state index is 11.8. The zero-order valence-electron chi connectivity index (χ0n) is 13.1. The van der Waals surface area contributed by atoms with Crippen LogP contribution < -0.4 is 4.74 Å². The molecule has 0 heterocycles. The van der Waals surface area contributed by atoms with Crippen LogP contribution >= 0.6 is 0 Å². The van der Waals surface area contributed by atoms with Crippen molar-refractivity contribution < 1.29 is 9.53 Å². The Hall–Kier alpha value is -1.57. The summed E-state index contributed by atoms with van der Waals surface area (Å²) in [7, 11) is 1.73. The van der Waals surface area contributed by atoms with E-state index >= 15 is 0 Å². The third-order valence-corrected chi connectivity index (χ3v) is 5.02. The fourth-order valence-electron chi connectivity index (χ4n) is 3.77. The van der Waals surface area contributed by atoms with E-state index < -0.39 is 0 Å². The van der Waals surface area contributed by atoms with Gasteiger partial charge in [0.25, 0.3) is 0 Å². The van der Waals surface area contributed by atoms with Gasteiger partial charge in [0.1, 0.15) is 11.5 Å². The van der Waals surface area contributed by atoms with E-state index in [-0.39, 0.29) is 0 Å². The molecule has 0 aromatic heterocycles. The number of ketones is 1. The minimum atomic E-state index is 0.441. The minimum absolute atomic E-state index is 0.441. The molecule has 3 rings (SSSR count). The SMILES string of the molecule is COc1ccc2c(c1)CCC1=C2CCCC(=O)CCC1C. The summed E-state index contributed by atoms with van der Waals surface area (Å²) in [5.41, 5.74) is 5.92. The monoisotopic (exact) mass is 284 g/mol. The highest BCUT2D eigenvalue weighted by atomic mass is 16.5. The normalized spacial score (nSPS) is 22.8. The summed E-state index contributed by atoms with van der Waals surface area (Å²) in [5.74, 6) is 1.93. The Kier molecular flexibility index (Phi) is 4.14. The zero-order valence-corrected chi connectivity index (χ0v) is 13.1. The number of fused-ring (bicyclic) bond motifs is 2. The highest BCUT2D eigenvalue weighted by molar-refractivity contribution is 5.80. The summed E-state index contributed by atoms with van der Waals surface area (Å²) >= 11 is 0. The molecule has 0 amide bonds. The number of ether oxygens (including phenoxy) is 1. The number of carbonyl (C=O) groups is 1. The molecule has 1 aromatic rings. The highest BCUT2D eigenvalue weighted by Gasteiger charge is 2.24. The number of benzene rings is 1. The molecule has 112 valence electrons. The number of Topliss-reactive ketones (excluding diaryl/α,β-unsaturated/α-hetero) is 1. The summed E-state index contributed by atoms with van der Waals surface area (Å²) in [6, 6.07) is 6.47. The Bertz CT molecular complexity index is 583. The third-order valence-electron chi connectivity index (χ3n) is 5.02. The Balaban J connectivity index is 2.00. The van der Waals surface area contributed by atoms with E-state index in [0.717, 1.165) is 50.7 Å². The number of aryl methyl sites for hydroxylation is 1. The van der Waals surface area contributed by atoms with E-state index in [1.807, 2.05) is 0 Å². The molecule has 0 bridgehead atoms. The van der Waals surface area contributed by atoms with Gasteiger partial charge in [0.15, 0.2) is 0 Å². The second-order valence-electron chi connectivity index (χ2n) is 6.36. The van der Waals surface area contributed by atoms with E-state index in [0.29, 0.717) is 11.7 Å². The van der Waals surface area contributed by atoms with Crippen molar-refractivity contribution >= 4 is 11.4 Å². The lowest BCUT2D eigenvalue weighted by Crippen LogP contribution is -2.11. The van der Waals surface area contributed by atoms with E-state index in [2.05, 4.69) is 25.1 Å². The molecule has 2 nitrogen and oxygen atoms in total. The predicted molar refractivity (Wildman–Crippen MR) is 85.5 cm³/mol. The number of rotatable bonds is 1. The lowest BCUT2D eigenvalue weighted by Gasteiger charge is -2.27. The van der Waals surface area contributed by atoms with Crippen LogP contribution in [-0.2, 0) is 11.2 Å². The molecule has 0 fully saturated rings. The van der Waals surface area contributed by atoms with Crippen LogP contribution in [0.5, 0.6) is 5.75 Å². The standard InChI is InChI=1S/C19H24O2/c1-13-6-8-15(20)4-3-5-19-17(13)10-7-14-12-16(21-2)9-11-18(14)19/h9,11-13H,3-8,10H2,1-2H3. The molecule has 0 saturated heterocycles. The van der Waals surface area contributed by atoms with Crippen LogP contribution in [0.4, 0.5) is 0 Å². The topological polar surface area (TPSA) is 26.3 Å². The van der Waals surface area contributed by atoms with Gasteiger partial charge in [-0.15, -0.1) is 0 Å². The van der Waals surface area contributed by atoms with Gasteiger partial charge in [-0.05, 0) is 66.9 Å². The van der Waals surface area contributed by atoms with Crippen molar-refractivity contribution in [2.24, 2.45) is 5.92 Å². The smallest absolute Gasteiger partial charge is 0.132 e. The van der Waals surface area contributed by atoms with Gasteiger partial charge in [-0.2, -0.15) is 0 Å². The van der Waals surface area contributed by atoms with Gasteiger partial charge in [-0.25, -0.2) is 0 Å². The molecule has 0 radical (unpaired) electrons. The third kappa shape index (κ3) is 2.90. The fourth-order valence-corrected chi connectivity index (χ4v) is 3.77. The van der Waals surface area contributed by atoms with Crippen molar-refractivity contribution in [3.8, 4) is 5.75 Å². The highest BCUT2D eigenvalue weighted by Crippen LogP contribution is 2.41. The van der Waals surface area contributed by atoms with Crippen molar-refractivity contribution in [3.05, 3.63) is 34.9 Å². The lowest BCUT2D eigenvalue weighted by molar-refractivity contribution is -0.119. The van der Waals surface area contributed by atoms with Crippen LogP contribution in [0.1, 0.15) is 56.6 Å². The summed E-state index contributed by atoms with van der Waals surface area (Å²) < 4.78 is 5.36. The first-order chi connectivity index (χ1) is 10.2. The molecule has 0 aliphatic heterocycles. The van der Waals surface area contributed by atoms with Gasteiger partial charge >= 0.3 is 0 Å². The average molecular weight is 284 g/mol. The second kappa shape index (κ2) is 6.05. The Morgan fingerprint density at radius 3 is 2.76 bits per heavy atom. The second-order valence-corrected chi connectivity index (χ2v) is 6.36. The first-order valence-corrected chi connectivity index (χ1v) is 8.10. The molecule has 21 heavy (non-hydrogen) atoms. The van der Waals surface area contributed by atoms with Gasteiger partial charge in [-0.1, -0.05) is 18.6 Å². The maximum Gasteiger partial charge on any atom is 0.132 e. The van der Waals surface area contributed by atoms with E-state index in [4.69, 9.17) is 4.74 Å². The molecular formula is C19H24O2. The number of hydrogen-bond acceptors (Lipinski definition) is 2. The minimum Gasteiger partial charge on any atom is -0.497 e. The van der Waals surface area contributed by atoms with Crippen molar-refractivity contribution in [2.75, 3.05) is 7.11 Å². The van der Waals surface area contributed by atoms with Gasteiger partial charge < -0.3 is 4.74 Å². The first-order valence-electron chi connectivity index (χ1n) is 8.10. The molecule has 1 aromatic carbocycles. The van der Waals surface area contributed by atoms with Gasteiger partial charge in [0.2, 0.25) is 0 Å². The van der Waals surface area contributed by atoms with Gasteiger partial charge in [0, 0.05) is 12.8 Å². The quantitative estimate of drug-likeness (QED) is 0.755. The number of carbonyl (C=O) groups excluding carboxylic acids is 1. The molecule has 0 saturated carbocycles. The fraction of sp³-hybridized carbons (Fsp3) is 0.526. The average Bonchev–Trinajstić information content (AvgIpc) is 2.57. The van der Waals surface area contributed by atoms with Crippen molar-refractivity contribution in [2.45, 2.75) is 51.9 Å². The molecule has 0 spiro atoms. The van der Waals surface area contributed by atoms with Crippen LogP contribution in [-0.4, -0.2) is 12.9 Å². The number of methoxy groups -OCH3 is 1. The summed E-state index contributed by atoms with van der Waals surface area (Å²) in [6.07, 6.45) is 6.81. The molecule has 2 aliphatic rings. The summed E-state index contributed by atoms with van der Waals surface area (Å²) in [6.45, 7) is 2.29. The van der Waals surface area contributed by atoms with E-state index in [1.165, 1.54) is 16.7 Å². The van der Waals surface area contributed by atoms with Gasteiger partial charge in [-0.3, -0.25) is 4.79 Å². The summed E-state index contributed by atoms with van der Waals surface area (Å²) in [5, 5.41) is 0. The Labute approximate surface area is 127 Å². The van der Waals surface area contributed by atoms with E-state index in [9.17, 15) is 4.79 Å². The molecule has 2 aliphatic carbocycles. The number of allylic oxidation sites excluding steroid dienone is 2.